The van der Waals surface area contributed by atoms with Gasteiger partial charge in [-0.1, -0.05) is 29.3 Å². The third-order valence-corrected chi connectivity index (χ3v) is 4.30. The Hall–Kier alpha value is -2.18. The van der Waals surface area contributed by atoms with Crippen LogP contribution < -0.4 is 0 Å². The number of hydrogen-bond acceptors (Lipinski definition) is 5. The van der Waals surface area contributed by atoms with Crippen molar-refractivity contribution in [1.29, 1.82) is 0 Å². The first-order chi connectivity index (χ1) is 11.5. The average molecular weight is 365 g/mol. The van der Waals surface area contributed by atoms with Crippen molar-refractivity contribution in [1.82, 2.24) is 19.6 Å². The third-order valence-electron chi connectivity index (χ3n) is 3.71. The Morgan fingerprint density at radius 2 is 2.08 bits per heavy atom. The third kappa shape index (κ3) is 3.34. The highest BCUT2D eigenvalue weighted by Crippen LogP contribution is 2.22. The number of aromatic nitrogens is 4. The van der Waals surface area contributed by atoms with E-state index in [9.17, 15) is 4.79 Å². The van der Waals surface area contributed by atoms with E-state index in [1.807, 2.05) is 13.8 Å². The molecule has 0 unspecified atom stereocenters. The molecule has 2 heterocycles. The van der Waals surface area contributed by atoms with Crippen LogP contribution in [0.1, 0.15) is 22.5 Å². The number of carbonyl (C=O) groups excluding carboxylic acids is 1. The van der Waals surface area contributed by atoms with Crippen LogP contribution in [0.25, 0.3) is 5.78 Å². The Labute approximate surface area is 148 Å². The van der Waals surface area contributed by atoms with Gasteiger partial charge >= 0.3 is 5.97 Å². The monoisotopic (exact) mass is 364 g/mol. The first-order valence-corrected chi connectivity index (χ1v) is 7.96. The second-order valence-electron chi connectivity index (χ2n) is 5.31. The molecule has 0 aliphatic rings. The van der Waals surface area contributed by atoms with Crippen LogP contribution in [-0.2, 0) is 22.6 Å². The van der Waals surface area contributed by atoms with Gasteiger partial charge in [0.1, 0.15) is 12.9 Å². The van der Waals surface area contributed by atoms with E-state index in [2.05, 4.69) is 15.1 Å². The molecule has 0 spiro atoms. The lowest BCUT2D eigenvalue weighted by Gasteiger charge is -2.11. The number of halogens is 2. The molecular weight excluding hydrogens is 351 g/mol. The average Bonchev–Trinajstić information content (AvgIpc) is 2.99. The van der Waals surface area contributed by atoms with Gasteiger partial charge in [0.25, 0.3) is 5.78 Å². The van der Waals surface area contributed by atoms with E-state index < -0.39 is 0 Å². The number of hydrogen-bond donors (Lipinski definition) is 0. The zero-order valence-corrected chi connectivity index (χ0v) is 14.6. The highest BCUT2D eigenvalue weighted by atomic mass is 35.5. The number of fused-ring (bicyclic) bond motifs is 1. The molecular formula is C16H14Cl2N4O2. The van der Waals surface area contributed by atoms with Gasteiger partial charge in [0.15, 0.2) is 0 Å². The van der Waals surface area contributed by atoms with Gasteiger partial charge in [-0.3, -0.25) is 4.79 Å². The maximum Gasteiger partial charge on any atom is 0.310 e. The predicted molar refractivity (Wildman–Crippen MR) is 90.2 cm³/mol. The highest BCUT2D eigenvalue weighted by Gasteiger charge is 2.15. The Balaban J connectivity index is 1.73. The van der Waals surface area contributed by atoms with Crippen LogP contribution in [0.4, 0.5) is 0 Å². The second-order valence-corrected chi connectivity index (χ2v) is 6.15. The minimum atomic E-state index is -0.367. The molecule has 0 bridgehead atoms. The van der Waals surface area contributed by atoms with Crippen LogP contribution in [0.3, 0.4) is 0 Å². The standard InChI is InChI=1S/C16H14Cl2N4O2/c1-9-13(10(2)22-16(21-9)19-8-20-22)6-15(23)24-7-11-3-4-12(17)5-14(11)18/h3-5,8H,6-7H2,1-2H3. The van der Waals surface area contributed by atoms with Gasteiger partial charge in [0.2, 0.25) is 0 Å². The summed E-state index contributed by atoms with van der Waals surface area (Å²) < 4.78 is 6.92. The fraction of sp³-hybridized carbons (Fsp3) is 0.250. The van der Waals surface area contributed by atoms with Crippen LogP contribution in [0.15, 0.2) is 24.5 Å². The van der Waals surface area contributed by atoms with Crippen molar-refractivity contribution < 1.29 is 9.53 Å². The molecule has 6 nitrogen and oxygen atoms in total. The number of rotatable bonds is 4. The lowest BCUT2D eigenvalue weighted by molar-refractivity contribution is -0.144. The molecule has 0 fully saturated rings. The smallest absolute Gasteiger partial charge is 0.310 e. The Bertz CT molecular complexity index is 924. The molecule has 0 aliphatic heterocycles. The summed E-state index contributed by atoms with van der Waals surface area (Å²) in [6, 6.07) is 5.05. The van der Waals surface area contributed by atoms with Gasteiger partial charge in [0.05, 0.1) is 6.42 Å². The molecule has 0 saturated heterocycles. The molecule has 0 N–H and O–H groups in total. The fourth-order valence-corrected chi connectivity index (χ4v) is 2.87. The number of nitrogens with zero attached hydrogens (tertiary/aromatic N) is 4. The molecule has 124 valence electrons. The Kier molecular flexibility index (Phi) is 4.69. The van der Waals surface area contributed by atoms with Crippen LogP contribution in [0.2, 0.25) is 10.0 Å². The van der Waals surface area contributed by atoms with E-state index in [4.69, 9.17) is 27.9 Å². The molecule has 0 atom stereocenters. The summed E-state index contributed by atoms with van der Waals surface area (Å²) in [6.07, 6.45) is 1.53. The number of carbonyl (C=O) groups is 1. The fourth-order valence-electron chi connectivity index (χ4n) is 2.40. The van der Waals surface area contributed by atoms with E-state index in [0.29, 0.717) is 21.4 Å². The van der Waals surface area contributed by atoms with Crippen LogP contribution in [0, 0.1) is 13.8 Å². The quantitative estimate of drug-likeness (QED) is 0.664. The number of aryl methyl sites for hydroxylation is 2. The van der Waals surface area contributed by atoms with Gasteiger partial charge in [-0.25, -0.2) is 9.50 Å². The highest BCUT2D eigenvalue weighted by molar-refractivity contribution is 6.35. The molecule has 24 heavy (non-hydrogen) atoms. The number of ether oxygens (including phenoxy) is 1. The van der Waals surface area contributed by atoms with Crippen molar-refractivity contribution >= 4 is 34.9 Å². The molecule has 3 aromatic rings. The Morgan fingerprint density at radius 3 is 2.83 bits per heavy atom. The van der Waals surface area contributed by atoms with E-state index >= 15 is 0 Å². The predicted octanol–water partition coefficient (Wildman–Crippen LogP) is 3.33. The van der Waals surface area contributed by atoms with Gasteiger partial charge in [-0.15, -0.1) is 0 Å². The number of esters is 1. The van der Waals surface area contributed by atoms with E-state index in [1.165, 1.54) is 6.33 Å². The molecule has 2 aromatic heterocycles. The topological polar surface area (TPSA) is 69.4 Å². The van der Waals surface area contributed by atoms with Gasteiger partial charge in [0, 0.05) is 32.6 Å². The molecule has 8 heteroatoms. The summed E-state index contributed by atoms with van der Waals surface area (Å²) in [6.45, 7) is 3.79. The first kappa shape index (κ1) is 16.7. The molecule has 0 amide bonds. The normalized spacial score (nSPS) is 11.0. The minimum Gasteiger partial charge on any atom is -0.460 e. The molecule has 0 aliphatic carbocycles. The maximum atomic E-state index is 12.2. The summed E-state index contributed by atoms with van der Waals surface area (Å²) in [5.41, 5.74) is 3.03. The summed E-state index contributed by atoms with van der Waals surface area (Å²) in [5.74, 6) is 0.142. The van der Waals surface area contributed by atoms with Crippen LogP contribution in [-0.4, -0.2) is 25.6 Å². The first-order valence-electron chi connectivity index (χ1n) is 7.21. The van der Waals surface area contributed by atoms with E-state index in [-0.39, 0.29) is 19.0 Å². The van der Waals surface area contributed by atoms with Gasteiger partial charge in [-0.2, -0.15) is 10.1 Å². The summed E-state index contributed by atoms with van der Waals surface area (Å²) >= 11 is 11.9. The largest absolute Gasteiger partial charge is 0.460 e. The van der Waals surface area contributed by atoms with Gasteiger partial charge < -0.3 is 4.74 Å². The van der Waals surface area contributed by atoms with Crippen molar-refractivity contribution in [2.45, 2.75) is 26.9 Å². The molecule has 0 radical (unpaired) electrons. The Morgan fingerprint density at radius 1 is 1.29 bits per heavy atom. The molecule has 1 aromatic carbocycles. The zero-order valence-electron chi connectivity index (χ0n) is 13.1. The van der Waals surface area contributed by atoms with Crippen molar-refractivity contribution in [3.63, 3.8) is 0 Å². The maximum absolute atomic E-state index is 12.2. The van der Waals surface area contributed by atoms with Crippen molar-refractivity contribution in [2.24, 2.45) is 0 Å². The lowest BCUT2D eigenvalue weighted by atomic mass is 10.1. The lowest BCUT2D eigenvalue weighted by Crippen LogP contribution is -2.13. The van der Waals surface area contributed by atoms with Crippen molar-refractivity contribution in [3.8, 4) is 0 Å². The summed E-state index contributed by atoms with van der Waals surface area (Å²) in [7, 11) is 0. The van der Waals surface area contributed by atoms with E-state index in [1.54, 1.807) is 22.7 Å². The second kappa shape index (κ2) is 6.75. The number of benzene rings is 1. The zero-order chi connectivity index (χ0) is 17.3. The summed E-state index contributed by atoms with van der Waals surface area (Å²) in [5, 5.41) is 5.10. The van der Waals surface area contributed by atoms with Crippen LogP contribution >= 0.6 is 23.2 Å². The van der Waals surface area contributed by atoms with Gasteiger partial charge in [-0.05, 0) is 26.0 Å². The molecule has 3 rings (SSSR count). The van der Waals surface area contributed by atoms with Crippen LogP contribution in [0.5, 0.6) is 0 Å². The van der Waals surface area contributed by atoms with Crippen molar-refractivity contribution in [3.05, 3.63) is 57.1 Å². The van der Waals surface area contributed by atoms with E-state index in [0.717, 1.165) is 17.0 Å². The SMILES string of the molecule is Cc1nc2ncnn2c(C)c1CC(=O)OCc1ccc(Cl)cc1Cl. The van der Waals surface area contributed by atoms with Crippen molar-refractivity contribution in [2.75, 3.05) is 0 Å². The minimum absolute atomic E-state index is 0.0892. The molecule has 0 saturated carbocycles. The summed E-state index contributed by atoms with van der Waals surface area (Å²) in [4.78, 5) is 20.6.